The molecule has 2 aromatic carbocycles. The molecule has 0 amide bonds. The summed E-state index contributed by atoms with van der Waals surface area (Å²) in [5.41, 5.74) is 1.68. The van der Waals surface area contributed by atoms with Crippen LogP contribution in [0.4, 0.5) is 5.13 Å². The topological polar surface area (TPSA) is 53.5 Å². The third kappa shape index (κ3) is 4.43. The van der Waals surface area contributed by atoms with Crippen molar-refractivity contribution >= 4 is 72.9 Å². The van der Waals surface area contributed by atoms with Crippen molar-refractivity contribution in [3.05, 3.63) is 61.9 Å². The van der Waals surface area contributed by atoms with Crippen LogP contribution in [0.25, 0.3) is 11.3 Å². The zero-order valence-electron chi connectivity index (χ0n) is 15.4. The van der Waals surface area contributed by atoms with E-state index in [-0.39, 0.29) is 9.92 Å². The smallest absolute Gasteiger partial charge is 0.244 e. The molecule has 0 atom stereocenters. The van der Waals surface area contributed by atoms with E-state index < -0.39 is 10.0 Å². The maximum atomic E-state index is 13.0. The van der Waals surface area contributed by atoms with Gasteiger partial charge in [-0.25, -0.2) is 13.4 Å². The fourth-order valence-electron chi connectivity index (χ4n) is 3.14. The number of anilines is 1. The van der Waals surface area contributed by atoms with Gasteiger partial charge in [0, 0.05) is 42.1 Å². The molecule has 4 rings (SSSR count). The minimum Gasteiger partial charge on any atom is -0.345 e. The van der Waals surface area contributed by atoms with Gasteiger partial charge in [-0.15, -0.1) is 11.3 Å². The van der Waals surface area contributed by atoms with E-state index >= 15 is 0 Å². The first-order valence-corrected chi connectivity index (χ1v) is 12.7. The molecule has 1 aliphatic heterocycles. The van der Waals surface area contributed by atoms with Crippen LogP contribution in [0.3, 0.4) is 0 Å². The predicted octanol–water partition coefficient (Wildman–Crippen LogP) is 5.93. The van der Waals surface area contributed by atoms with Gasteiger partial charge in [0.05, 0.1) is 20.8 Å². The van der Waals surface area contributed by atoms with Gasteiger partial charge in [-0.1, -0.05) is 52.5 Å². The average molecular weight is 523 g/mol. The van der Waals surface area contributed by atoms with E-state index in [0.717, 1.165) is 16.4 Å². The summed E-state index contributed by atoms with van der Waals surface area (Å²) < 4.78 is 27.3. The van der Waals surface area contributed by atoms with Crippen LogP contribution in [0.2, 0.25) is 20.1 Å². The first-order valence-electron chi connectivity index (χ1n) is 8.87. The summed E-state index contributed by atoms with van der Waals surface area (Å²) in [5, 5.41) is 4.27. The first-order chi connectivity index (χ1) is 14.3. The molecule has 30 heavy (non-hydrogen) atoms. The molecule has 0 unspecified atom stereocenters. The van der Waals surface area contributed by atoms with Gasteiger partial charge in [-0.05, 0) is 30.3 Å². The molecule has 5 nitrogen and oxygen atoms in total. The summed E-state index contributed by atoms with van der Waals surface area (Å²) in [7, 11) is -3.69. The highest BCUT2D eigenvalue weighted by Crippen LogP contribution is 2.33. The van der Waals surface area contributed by atoms with E-state index in [1.807, 2.05) is 11.4 Å². The van der Waals surface area contributed by atoms with Crippen LogP contribution in [0.1, 0.15) is 0 Å². The molecule has 0 bridgehead atoms. The Morgan fingerprint density at radius 1 is 0.867 bits per heavy atom. The number of nitrogens with zero attached hydrogens (tertiary/aromatic N) is 3. The Labute approximate surface area is 198 Å². The van der Waals surface area contributed by atoms with Crippen molar-refractivity contribution in [2.75, 3.05) is 31.1 Å². The lowest BCUT2D eigenvalue weighted by molar-refractivity contribution is 0.385. The van der Waals surface area contributed by atoms with E-state index in [0.29, 0.717) is 41.2 Å². The molecule has 0 radical (unpaired) electrons. The van der Waals surface area contributed by atoms with Crippen LogP contribution in [0.5, 0.6) is 0 Å². The molecule has 11 heteroatoms. The van der Waals surface area contributed by atoms with E-state index in [4.69, 9.17) is 46.4 Å². The Morgan fingerprint density at radius 2 is 1.60 bits per heavy atom. The number of hydrogen-bond donors (Lipinski definition) is 0. The molecule has 0 aliphatic carbocycles. The molecule has 3 aromatic rings. The zero-order chi connectivity index (χ0) is 21.5. The van der Waals surface area contributed by atoms with Gasteiger partial charge in [-0.2, -0.15) is 4.31 Å². The van der Waals surface area contributed by atoms with Crippen molar-refractivity contribution in [2.24, 2.45) is 0 Å². The van der Waals surface area contributed by atoms with Crippen LogP contribution in [-0.4, -0.2) is 43.9 Å². The van der Waals surface area contributed by atoms with Crippen molar-refractivity contribution in [1.82, 2.24) is 9.29 Å². The molecule has 2 heterocycles. The molecule has 1 aliphatic rings. The third-order valence-electron chi connectivity index (χ3n) is 4.73. The second kappa shape index (κ2) is 8.82. The lowest BCUT2D eigenvalue weighted by Gasteiger charge is -2.33. The Hall–Kier alpha value is -1.06. The predicted molar refractivity (Wildman–Crippen MR) is 125 cm³/mol. The number of rotatable bonds is 4. The third-order valence-corrected chi connectivity index (χ3v) is 8.99. The number of sulfonamides is 1. The normalized spacial score (nSPS) is 15.5. The van der Waals surface area contributed by atoms with Gasteiger partial charge in [-0.3, -0.25) is 0 Å². The fraction of sp³-hybridized carbons (Fsp3) is 0.211. The minimum atomic E-state index is -3.69. The van der Waals surface area contributed by atoms with Gasteiger partial charge < -0.3 is 4.90 Å². The largest absolute Gasteiger partial charge is 0.345 e. The van der Waals surface area contributed by atoms with Gasteiger partial charge in [0.25, 0.3) is 0 Å². The minimum absolute atomic E-state index is 0.0677. The Bertz CT molecular complexity index is 1190. The molecule has 1 saturated heterocycles. The first kappa shape index (κ1) is 22.1. The second-order valence-electron chi connectivity index (χ2n) is 6.61. The summed E-state index contributed by atoms with van der Waals surface area (Å²) in [4.78, 5) is 6.82. The van der Waals surface area contributed by atoms with Gasteiger partial charge >= 0.3 is 0 Å². The standard InChI is InChI=1S/C19H15Cl4N3O2S2/c20-13-2-4-18(16(23)10-13)30(27,28)26-7-5-25(6-8-26)19-24-17(11-29-19)12-1-3-14(21)15(22)9-12/h1-4,9-11H,5-8H2. The molecule has 158 valence electrons. The van der Waals surface area contributed by atoms with Crippen molar-refractivity contribution < 1.29 is 8.42 Å². The van der Waals surface area contributed by atoms with Gasteiger partial charge in [0.2, 0.25) is 10.0 Å². The Morgan fingerprint density at radius 3 is 2.27 bits per heavy atom. The lowest BCUT2D eigenvalue weighted by atomic mass is 10.2. The van der Waals surface area contributed by atoms with Crippen molar-refractivity contribution in [3.8, 4) is 11.3 Å². The lowest BCUT2D eigenvalue weighted by Crippen LogP contribution is -2.48. The van der Waals surface area contributed by atoms with Crippen molar-refractivity contribution in [2.45, 2.75) is 4.90 Å². The molecule has 0 N–H and O–H groups in total. The monoisotopic (exact) mass is 521 g/mol. The van der Waals surface area contributed by atoms with Crippen LogP contribution in [0.15, 0.2) is 46.7 Å². The molecule has 1 aromatic heterocycles. The SMILES string of the molecule is O=S(=O)(c1ccc(Cl)cc1Cl)N1CCN(c2nc(-c3ccc(Cl)c(Cl)c3)cs2)CC1. The van der Waals surface area contributed by atoms with Gasteiger partial charge in [0.15, 0.2) is 5.13 Å². The summed E-state index contributed by atoms with van der Waals surface area (Å²) in [6.45, 7) is 1.73. The van der Waals surface area contributed by atoms with E-state index in [1.54, 1.807) is 12.1 Å². The summed E-state index contributed by atoms with van der Waals surface area (Å²) in [5.74, 6) is 0. The zero-order valence-corrected chi connectivity index (χ0v) is 20.0. The van der Waals surface area contributed by atoms with Crippen molar-refractivity contribution in [3.63, 3.8) is 0 Å². The van der Waals surface area contributed by atoms with E-state index in [1.165, 1.54) is 33.8 Å². The quantitative estimate of drug-likeness (QED) is 0.425. The maximum Gasteiger partial charge on any atom is 0.244 e. The molecule has 0 spiro atoms. The Balaban J connectivity index is 1.47. The number of benzene rings is 2. The summed E-state index contributed by atoms with van der Waals surface area (Å²) >= 11 is 25.6. The van der Waals surface area contributed by atoms with Crippen LogP contribution < -0.4 is 4.90 Å². The van der Waals surface area contributed by atoms with E-state index in [9.17, 15) is 8.42 Å². The fourth-order valence-corrected chi connectivity index (χ4v) is 6.50. The highest BCUT2D eigenvalue weighted by Gasteiger charge is 2.31. The highest BCUT2D eigenvalue weighted by atomic mass is 35.5. The number of halogens is 4. The Kier molecular flexibility index (Phi) is 6.51. The number of hydrogen-bond acceptors (Lipinski definition) is 5. The molecule has 1 fully saturated rings. The highest BCUT2D eigenvalue weighted by molar-refractivity contribution is 7.89. The number of aromatic nitrogens is 1. The van der Waals surface area contributed by atoms with Crippen molar-refractivity contribution in [1.29, 1.82) is 0 Å². The molecular formula is C19H15Cl4N3O2S2. The summed E-state index contributed by atoms with van der Waals surface area (Å²) in [6.07, 6.45) is 0. The average Bonchev–Trinajstić information content (AvgIpc) is 3.20. The van der Waals surface area contributed by atoms with Crippen LogP contribution in [-0.2, 0) is 10.0 Å². The number of piperazine rings is 1. The van der Waals surface area contributed by atoms with Gasteiger partial charge in [0.1, 0.15) is 4.90 Å². The molecular weight excluding hydrogens is 508 g/mol. The van der Waals surface area contributed by atoms with Crippen LogP contribution in [0, 0.1) is 0 Å². The summed E-state index contributed by atoms with van der Waals surface area (Å²) in [6, 6.07) is 9.79. The number of thiazole rings is 1. The van der Waals surface area contributed by atoms with Crippen LogP contribution >= 0.6 is 57.7 Å². The van der Waals surface area contributed by atoms with E-state index in [2.05, 4.69) is 9.88 Å². The second-order valence-corrected chi connectivity index (χ2v) is 11.0. The molecule has 0 saturated carbocycles. The maximum absolute atomic E-state index is 13.0.